The molecule has 0 bridgehead atoms. The summed E-state index contributed by atoms with van der Waals surface area (Å²) < 4.78 is 0. The van der Waals surface area contributed by atoms with E-state index in [4.69, 9.17) is 5.26 Å². The molecule has 2 aliphatic rings. The first-order chi connectivity index (χ1) is 6.90. The van der Waals surface area contributed by atoms with E-state index in [-0.39, 0.29) is 0 Å². The molecule has 3 heteroatoms. The molecule has 1 N–H and O–H groups in total. The number of rotatable bonds is 7. The second-order valence-electron chi connectivity index (χ2n) is 4.40. The van der Waals surface area contributed by atoms with Gasteiger partial charge in [-0.1, -0.05) is 0 Å². The molecule has 0 atom stereocenters. The molecule has 2 rings (SSSR count). The lowest BCUT2D eigenvalue weighted by Gasteiger charge is -2.20. The van der Waals surface area contributed by atoms with Crippen molar-refractivity contribution in [2.24, 2.45) is 0 Å². The molecule has 0 aliphatic heterocycles. The molecule has 2 fully saturated rings. The summed E-state index contributed by atoms with van der Waals surface area (Å²) in [7, 11) is 0. The smallest absolute Gasteiger partial charge is 0.0635 e. The van der Waals surface area contributed by atoms with Crippen molar-refractivity contribution in [2.45, 2.75) is 44.2 Å². The standard InChI is InChI=1S/C11H19N3/c12-6-1-8-14(11-4-5-11)9-7-13-10-2-3-10/h10-11,13H,1-5,7-9H2. The monoisotopic (exact) mass is 193 g/mol. The van der Waals surface area contributed by atoms with Crippen molar-refractivity contribution < 1.29 is 0 Å². The van der Waals surface area contributed by atoms with Crippen LogP contribution in [0.15, 0.2) is 0 Å². The lowest BCUT2D eigenvalue weighted by atomic mass is 10.3. The van der Waals surface area contributed by atoms with Gasteiger partial charge in [0.25, 0.3) is 0 Å². The van der Waals surface area contributed by atoms with E-state index in [0.29, 0.717) is 6.42 Å². The Balaban J connectivity index is 1.59. The molecule has 0 amide bonds. The van der Waals surface area contributed by atoms with Gasteiger partial charge in [-0.25, -0.2) is 0 Å². The number of nitrogens with one attached hydrogen (secondary N) is 1. The van der Waals surface area contributed by atoms with Gasteiger partial charge in [0.2, 0.25) is 0 Å². The summed E-state index contributed by atoms with van der Waals surface area (Å²) in [6.07, 6.45) is 6.09. The molecule has 14 heavy (non-hydrogen) atoms. The predicted molar refractivity (Wildman–Crippen MR) is 55.8 cm³/mol. The van der Waals surface area contributed by atoms with Gasteiger partial charge >= 0.3 is 0 Å². The number of nitrogens with zero attached hydrogens (tertiary/aromatic N) is 2. The minimum absolute atomic E-state index is 0.680. The zero-order valence-electron chi connectivity index (χ0n) is 8.71. The largest absolute Gasteiger partial charge is 0.313 e. The van der Waals surface area contributed by atoms with Crippen LogP contribution >= 0.6 is 0 Å². The van der Waals surface area contributed by atoms with Crippen LogP contribution in [0, 0.1) is 11.3 Å². The summed E-state index contributed by atoms with van der Waals surface area (Å²) in [4.78, 5) is 2.47. The molecule has 0 saturated heterocycles. The highest BCUT2D eigenvalue weighted by Gasteiger charge is 2.28. The first-order valence-electron chi connectivity index (χ1n) is 5.74. The van der Waals surface area contributed by atoms with Crippen LogP contribution in [0.3, 0.4) is 0 Å². The Bertz CT molecular complexity index is 213. The summed E-state index contributed by atoms with van der Waals surface area (Å²) in [6.45, 7) is 3.20. The van der Waals surface area contributed by atoms with Gasteiger partial charge in [0.1, 0.15) is 0 Å². The third-order valence-electron chi connectivity index (χ3n) is 2.98. The second kappa shape index (κ2) is 4.77. The van der Waals surface area contributed by atoms with Crippen LogP contribution in [0.1, 0.15) is 32.1 Å². The second-order valence-corrected chi connectivity index (χ2v) is 4.40. The third kappa shape index (κ3) is 3.28. The first kappa shape index (κ1) is 9.95. The Hall–Kier alpha value is -0.590. The third-order valence-corrected chi connectivity index (χ3v) is 2.98. The van der Waals surface area contributed by atoms with Crippen molar-refractivity contribution in [3.63, 3.8) is 0 Å². The molecule has 0 aromatic carbocycles. The van der Waals surface area contributed by atoms with Gasteiger partial charge in [0.15, 0.2) is 0 Å². The van der Waals surface area contributed by atoms with Gasteiger partial charge in [-0.05, 0) is 25.7 Å². The Morgan fingerprint density at radius 2 is 2.00 bits per heavy atom. The summed E-state index contributed by atoms with van der Waals surface area (Å²) in [5, 5.41) is 12.1. The Kier molecular flexibility index (Phi) is 3.39. The van der Waals surface area contributed by atoms with Gasteiger partial charge in [-0.2, -0.15) is 5.26 Å². The molecule has 0 aromatic heterocycles. The topological polar surface area (TPSA) is 39.1 Å². The normalized spacial score (nSPS) is 21.1. The molecule has 2 saturated carbocycles. The molecular weight excluding hydrogens is 174 g/mol. The molecule has 0 unspecified atom stereocenters. The van der Waals surface area contributed by atoms with Gasteiger partial charge in [-0.3, -0.25) is 4.90 Å². The SMILES string of the molecule is N#CCCN(CCNC1CC1)C1CC1. The van der Waals surface area contributed by atoms with Crippen LogP contribution in [0.2, 0.25) is 0 Å². The van der Waals surface area contributed by atoms with Crippen LogP contribution in [0.5, 0.6) is 0 Å². The Labute approximate surface area is 86.1 Å². The van der Waals surface area contributed by atoms with Crippen molar-refractivity contribution in [1.82, 2.24) is 10.2 Å². The Morgan fingerprint density at radius 3 is 2.57 bits per heavy atom. The lowest BCUT2D eigenvalue weighted by molar-refractivity contribution is 0.268. The molecule has 78 valence electrons. The maximum Gasteiger partial charge on any atom is 0.0635 e. The highest BCUT2D eigenvalue weighted by Crippen LogP contribution is 2.26. The minimum atomic E-state index is 0.680. The molecule has 0 heterocycles. The maximum absolute atomic E-state index is 8.55. The van der Waals surface area contributed by atoms with Crippen LogP contribution in [0.25, 0.3) is 0 Å². The maximum atomic E-state index is 8.55. The zero-order chi connectivity index (χ0) is 9.80. The van der Waals surface area contributed by atoms with Crippen LogP contribution < -0.4 is 5.32 Å². The molecular formula is C11H19N3. The summed E-state index contributed by atoms with van der Waals surface area (Å²) >= 11 is 0. The number of hydrogen-bond acceptors (Lipinski definition) is 3. The van der Waals surface area contributed by atoms with Gasteiger partial charge in [0.05, 0.1) is 6.07 Å². The molecule has 3 nitrogen and oxygen atoms in total. The molecule has 2 aliphatic carbocycles. The highest BCUT2D eigenvalue weighted by atomic mass is 15.2. The van der Waals surface area contributed by atoms with E-state index in [1.807, 2.05) is 0 Å². The van der Waals surface area contributed by atoms with Gasteiger partial charge in [0, 0.05) is 38.1 Å². The molecule has 0 spiro atoms. The van der Waals surface area contributed by atoms with Crippen molar-refractivity contribution in [1.29, 1.82) is 5.26 Å². The number of hydrogen-bond donors (Lipinski definition) is 1. The van der Waals surface area contributed by atoms with E-state index in [2.05, 4.69) is 16.3 Å². The van der Waals surface area contributed by atoms with E-state index in [9.17, 15) is 0 Å². The van der Waals surface area contributed by atoms with E-state index in [1.165, 1.54) is 25.7 Å². The van der Waals surface area contributed by atoms with E-state index >= 15 is 0 Å². The average molecular weight is 193 g/mol. The quantitative estimate of drug-likeness (QED) is 0.658. The van der Waals surface area contributed by atoms with E-state index in [1.54, 1.807) is 0 Å². The minimum Gasteiger partial charge on any atom is -0.313 e. The van der Waals surface area contributed by atoms with Crippen molar-refractivity contribution in [3.8, 4) is 6.07 Å². The van der Waals surface area contributed by atoms with Crippen molar-refractivity contribution in [3.05, 3.63) is 0 Å². The van der Waals surface area contributed by atoms with E-state index in [0.717, 1.165) is 31.7 Å². The summed E-state index contributed by atoms with van der Waals surface area (Å²) in [5.41, 5.74) is 0. The fourth-order valence-corrected chi connectivity index (χ4v) is 1.81. The zero-order valence-corrected chi connectivity index (χ0v) is 8.71. The first-order valence-corrected chi connectivity index (χ1v) is 5.74. The predicted octanol–water partition coefficient (Wildman–Crippen LogP) is 1.12. The average Bonchev–Trinajstić information content (AvgIpc) is 3.02. The van der Waals surface area contributed by atoms with Gasteiger partial charge < -0.3 is 5.32 Å². The van der Waals surface area contributed by atoms with Crippen molar-refractivity contribution >= 4 is 0 Å². The molecule has 0 radical (unpaired) electrons. The Morgan fingerprint density at radius 1 is 1.21 bits per heavy atom. The summed E-state index contributed by atoms with van der Waals surface area (Å²) in [6, 6.07) is 3.84. The molecule has 0 aromatic rings. The fourth-order valence-electron chi connectivity index (χ4n) is 1.81. The van der Waals surface area contributed by atoms with Crippen LogP contribution in [-0.2, 0) is 0 Å². The fraction of sp³-hybridized carbons (Fsp3) is 0.909. The van der Waals surface area contributed by atoms with Gasteiger partial charge in [-0.15, -0.1) is 0 Å². The van der Waals surface area contributed by atoms with Crippen LogP contribution in [0.4, 0.5) is 0 Å². The van der Waals surface area contributed by atoms with E-state index < -0.39 is 0 Å². The van der Waals surface area contributed by atoms with Crippen molar-refractivity contribution in [2.75, 3.05) is 19.6 Å². The number of nitriles is 1. The highest BCUT2D eigenvalue weighted by molar-refractivity contribution is 4.87. The summed E-state index contributed by atoms with van der Waals surface area (Å²) in [5.74, 6) is 0. The van der Waals surface area contributed by atoms with Crippen LogP contribution in [-0.4, -0.2) is 36.6 Å². The lowest BCUT2D eigenvalue weighted by Crippen LogP contribution is -2.35.